The molecule has 3 amide bonds. The Kier molecular flexibility index (Phi) is 6.59. The van der Waals surface area contributed by atoms with Gasteiger partial charge in [0.2, 0.25) is 5.91 Å². The molecule has 30 heavy (non-hydrogen) atoms. The Balaban J connectivity index is 1.64. The van der Waals surface area contributed by atoms with Crippen LogP contribution in [0.1, 0.15) is 43.2 Å². The van der Waals surface area contributed by atoms with E-state index in [1.165, 1.54) is 12.1 Å². The minimum Gasteiger partial charge on any atom is -0.350 e. The van der Waals surface area contributed by atoms with Gasteiger partial charge in [0, 0.05) is 24.6 Å². The molecule has 3 rings (SSSR count). The van der Waals surface area contributed by atoms with E-state index in [-0.39, 0.29) is 11.6 Å². The van der Waals surface area contributed by atoms with Gasteiger partial charge < -0.3 is 16.0 Å². The number of nitrogens with zero attached hydrogens (tertiary/aromatic N) is 1. The smallest absolute Gasteiger partial charge is 0.350 e. The molecule has 160 valence electrons. The van der Waals surface area contributed by atoms with Gasteiger partial charge in [0.1, 0.15) is 5.54 Å². The summed E-state index contributed by atoms with van der Waals surface area (Å²) in [6.07, 6.45) is 2.38. The van der Waals surface area contributed by atoms with Crippen molar-refractivity contribution in [1.29, 1.82) is 0 Å². The Morgan fingerprint density at radius 3 is 2.20 bits per heavy atom. The van der Waals surface area contributed by atoms with Crippen molar-refractivity contribution in [3.8, 4) is 0 Å². The lowest BCUT2D eigenvalue weighted by Gasteiger charge is -2.36. The van der Waals surface area contributed by atoms with E-state index in [1.54, 1.807) is 24.5 Å². The first kappa shape index (κ1) is 21.6. The molecule has 1 aromatic carbocycles. The third-order valence-electron chi connectivity index (χ3n) is 5.17. The standard InChI is InChI=1S/C21H23F3N4O2/c22-21(23,24)16-4-6-17(7-5-16)27-19(30)28-20(10-2-1-3-11-20)18(29)26-14-15-8-12-25-13-9-15/h4-9,12-13H,1-3,10-11,14H2,(H,26,29)(H2,27,28,30). The second-order valence-corrected chi connectivity index (χ2v) is 7.34. The van der Waals surface area contributed by atoms with E-state index in [0.717, 1.165) is 37.0 Å². The lowest BCUT2D eigenvalue weighted by molar-refractivity contribution is -0.137. The number of anilines is 1. The Morgan fingerprint density at radius 1 is 0.967 bits per heavy atom. The van der Waals surface area contributed by atoms with Gasteiger partial charge in [0.15, 0.2) is 0 Å². The minimum atomic E-state index is -4.44. The molecule has 1 aliphatic rings. The molecule has 1 aliphatic carbocycles. The summed E-state index contributed by atoms with van der Waals surface area (Å²) in [5, 5.41) is 8.15. The van der Waals surface area contributed by atoms with Gasteiger partial charge in [0.05, 0.1) is 5.56 Å². The summed E-state index contributed by atoms with van der Waals surface area (Å²) in [4.78, 5) is 29.4. The van der Waals surface area contributed by atoms with Gasteiger partial charge in [-0.25, -0.2) is 4.79 Å². The molecule has 3 N–H and O–H groups in total. The monoisotopic (exact) mass is 420 g/mol. The van der Waals surface area contributed by atoms with E-state index in [2.05, 4.69) is 20.9 Å². The fraction of sp³-hybridized carbons (Fsp3) is 0.381. The van der Waals surface area contributed by atoms with Crippen LogP contribution in [0.15, 0.2) is 48.8 Å². The molecule has 2 aromatic rings. The highest BCUT2D eigenvalue weighted by molar-refractivity contribution is 5.96. The number of hydrogen-bond acceptors (Lipinski definition) is 3. The zero-order valence-electron chi connectivity index (χ0n) is 16.3. The summed E-state index contributed by atoms with van der Waals surface area (Å²) in [7, 11) is 0. The number of alkyl halides is 3. The second kappa shape index (κ2) is 9.15. The number of pyridine rings is 1. The molecule has 9 heteroatoms. The Morgan fingerprint density at radius 2 is 1.60 bits per heavy atom. The van der Waals surface area contributed by atoms with Gasteiger partial charge in [0.25, 0.3) is 0 Å². The maximum absolute atomic E-state index is 12.9. The predicted octanol–water partition coefficient (Wildman–Crippen LogP) is 4.24. The first-order chi connectivity index (χ1) is 14.3. The number of halogens is 3. The van der Waals surface area contributed by atoms with Crippen LogP contribution < -0.4 is 16.0 Å². The van der Waals surface area contributed by atoms with Crippen LogP contribution in [0.3, 0.4) is 0 Å². The van der Waals surface area contributed by atoms with Gasteiger partial charge in [-0.05, 0) is 54.8 Å². The summed E-state index contributed by atoms with van der Waals surface area (Å²) in [6.45, 7) is 0.311. The quantitative estimate of drug-likeness (QED) is 0.677. The maximum Gasteiger partial charge on any atom is 0.416 e. The van der Waals surface area contributed by atoms with E-state index in [4.69, 9.17) is 0 Å². The summed E-state index contributed by atoms with van der Waals surface area (Å²) < 4.78 is 38.0. The molecule has 0 atom stereocenters. The molecule has 0 saturated heterocycles. The summed E-state index contributed by atoms with van der Waals surface area (Å²) in [6, 6.07) is 7.10. The Bertz CT molecular complexity index is 864. The number of carbonyl (C=O) groups excluding carboxylic acids is 2. The van der Waals surface area contributed by atoms with Crippen LogP contribution in [0, 0.1) is 0 Å². The molecule has 0 bridgehead atoms. The fourth-order valence-corrected chi connectivity index (χ4v) is 3.54. The van der Waals surface area contributed by atoms with Crippen molar-refractivity contribution in [2.45, 2.75) is 50.4 Å². The number of nitrogens with one attached hydrogen (secondary N) is 3. The minimum absolute atomic E-state index is 0.212. The maximum atomic E-state index is 12.9. The number of aromatic nitrogens is 1. The van der Waals surface area contributed by atoms with Crippen molar-refractivity contribution in [2.75, 3.05) is 5.32 Å². The molecule has 0 aliphatic heterocycles. The fourth-order valence-electron chi connectivity index (χ4n) is 3.54. The second-order valence-electron chi connectivity index (χ2n) is 7.34. The van der Waals surface area contributed by atoms with Crippen molar-refractivity contribution in [3.63, 3.8) is 0 Å². The Labute approximate surface area is 172 Å². The highest BCUT2D eigenvalue weighted by Crippen LogP contribution is 2.31. The molecule has 1 heterocycles. The van der Waals surface area contributed by atoms with E-state index in [9.17, 15) is 22.8 Å². The lowest BCUT2D eigenvalue weighted by Crippen LogP contribution is -2.60. The van der Waals surface area contributed by atoms with Crippen molar-refractivity contribution in [1.82, 2.24) is 15.6 Å². The van der Waals surface area contributed by atoms with Crippen LogP contribution >= 0.6 is 0 Å². The molecule has 1 saturated carbocycles. The first-order valence-electron chi connectivity index (χ1n) is 9.72. The third-order valence-corrected chi connectivity index (χ3v) is 5.17. The van der Waals surface area contributed by atoms with Crippen LogP contribution in [0.4, 0.5) is 23.7 Å². The summed E-state index contributed by atoms with van der Waals surface area (Å²) >= 11 is 0. The number of benzene rings is 1. The molecular weight excluding hydrogens is 397 g/mol. The van der Waals surface area contributed by atoms with Crippen LogP contribution in [-0.4, -0.2) is 22.5 Å². The van der Waals surface area contributed by atoms with E-state index in [1.807, 2.05) is 0 Å². The summed E-state index contributed by atoms with van der Waals surface area (Å²) in [5.41, 5.74) is -0.753. The topological polar surface area (TPSA) is 83.1 Å². The average Bonchev–Trinajstić information content (AvgIpc) is 2.73. The number of carbonyl (C=O) groups is 2. The number of urea groups is 1. The van der Waals surface area contributed by atoms with Crippen LogP contribution in [0.2, 0.25) is 0 Å². The molecule has 0 unspecified atom stereocenters. The van der Waals surface area contributed by atoms with E-state index >= 15 is 0 Å². The van der Waals surface area contributed by atoms with Crippen LogP contribution in [0.5, 0.6) is 0 Å². The molecule has 6 nitrogen and oxygen atoms in total. The van der Waals surface area contributed by atoms with Crippen molar-refractivity contribution in [2.24, 2.45) is 0 Å². The normalized spacial score (nSPS) is 15.8. The average molecular weight is 420 g/mol. The van der Waals surface area contributed by atoms with Crippen molar-refractivity contribution < 1.29 is 22.8 Å². The zero-order valence-corrected chi connectivity index (χ0v) is 16.3. The van der Waals surface area contributed by atoms with Crippen LogP contribution in [-0.2, 0) is 17.5 Å². The highest BCUT2D eigenvalue weighted by Gasteiger charge is 2.40. The molecule has 1 aromatic heterocycles. The van der Waals surface area contributed by atoms with Crippen molar-refractivity contribution >= 4 is 17.6 Å². The first-order valence-corrected chi connectivity index (χ1v) is 9.72. The Hall–Kier alpha value is -3.10. The summed E-state index contributed by atoms with van der Waals surface area (Å²) in [5.74, 6) is -0.276. The number of amides is 3. The predicted molar refractivity (Wildman–Crippen MR) is 105 cm³/mol. The third kappa shape index (κ3) is 5.49. The van der Waals surface area contributed by atoms with Gasteiger partial charge in [-0.15, -0.1) is 0 Å². The number of hydrogen-bond donors (Lipinski definition) is 3. The highest BCUT2D eigenvalue weighted by atomic mass is 19.4. The molecule has 0 spiro atoms. The SMILES string of the molecule is O=C(Nc1ccc(C(F)(F)F)cc1)NC1(C(=O)NCc2ccncc2)CCCCC1. The van der Waals surface area contributed by atoms with Gasteiger partial charge in [-0.2, -0.15) is 13.2 Å². The van der Waals surface area contributed by atoms with E-state index < -0.39 is 23.3 Å². The van der Waals surface area contributed by atoms with Gasteiger partial charge >= 0.3 is 12.2 Å². The van der Waals surface area contributed by atoms with Gasteiger partial charge in [-0.3, -0.25) is 9.78 Å². The molecule has 1 fully saturated rings. The lowest BCUT2D eigenvalue weighted by atomic mass is 9.81. The van der Waals surface area contributed by atoms with Crippen LogP contribution in [0.25, 0.3) is 0 Å². The number of rotatable bonds is 5. The largest absolute Gasteiger partial charge is 0.416 e. The zero-order chi connectivity index (χ0) is 21.6. The van der Waals surface area contributed by atoms with E-state index in [0.29, 0.717) is 19.4 Å². The molecule has 0 radical (unpaired) electrons. The van der Waals surface area contributed by atoms with Crippen molar-refractivity contribution in [3.05, 3.63) is 59.9 Å². The van der Waals surface area contributed by atoms with Gasteiger partial charge in [-0.1, -0.05) is 19.3 Å². The molecular formula is C21H23F3N4O2.